The number of hydrogen-bond donors (Lipinski definition) is 1. The zero-order valence-corrected chi connectivity index (χ0v) is 19.9. The highest BCUT2D eigenvalue weighted by atomic mass is 19.4. The van der Waals surface area contributed by atoms with E-state index < -0.39 is 12.3 Å². The standard InChI is InChI=1S/C26H25F3N4O4/c1-32-13-20(31-14-32)16-4-7-22(19(11-16)25(30)35)36-23-8-9-33(21-12-18(21)23)24(34)10-15-2-5-17(6-3-15)37-26(27,28)29/h2-7,11,13-14,18,21,23H,8-10,12H2,1H3,(H2,30,35). The number of piperidine rings is 1. The Balaban J connectivity index is 1.21. The highest BCUT2D eigenvalue weighted by Crippen LogP contribution is 2.45. The van der Waals surface area contributed by atoms with Crippen molar-refractivity contribution in [2.75, 3.05) is 6.54 Å². The molecule has 11 heteroatoms. The van der Waals surface area contributed by atoms with Gasteiger partial charge in [-0.1, -0.05) is 12.1 Å². The van der Waals surface area contributed by atoms with Gasteiger partial charge in [0.05, 0.1) is 24.0 Å². The number of amides is 2. The monoisotopic (exact) mass is 514 g/mol. The van der Waals surface area contributed by atoms with Crippen LogP contribution in [0.1, 0.15) is 28.8 Å². The summed E-state index contributed by atoms with van der Waals surface area (Å²) in [5.41, 5.74) is 7.98. The fourth-order valence-corrected chi connectivity index (χ4v) is 4.86. The van der Waals surface area contributed by atoms with Crippen LogP contribution in [0.5, 0.6) is 11.5 Å². The van der Waals surface area contributed by atoms with Gasteiger partial charge in [0.25, 0.3) is 5.91 Å². The molecule has 0 spiro atoms. The van der Waals surface area contributed by atoms with Gasteiger partial charge in [-0.2, -0.15) is 0 Å². The van der Waals surface area contributed by atoms with Crippen molar-refractivity contribution in [3.8, 4) is 22.8 Å². The zero-order valence-electron chi connectivity index (χ0n) is 19.9. The third kappa shape index (κ3) is 5.55. The number of nitrogens with two attached hydrogens (primary N) is 1. The first-order chi connectivity index (χ1) is 17.6. The van der Waals surface area contributed by atoms with Crippen molar-refractivity contribution in [2.45, 2.75) is 37.8 Å². The van der Waals surface area contributed by atoms with E-state index in [2.05, 4.69) is 9.72 Å². The molecule has 1 saturated heterocycles. The van der Waals surface area contributed by atoms with Gasteiger partial charge in [-0.05, 0) is 42.3 Å². The van der Waals surface area contributed by atoms with Crippen molar-refractivity contribution in [1.29, 1.82) is 0 Å². The molecule has 2 fully saturated rings. The Hall–Kier alpha value is -4.02. The maximum absolute atomic E-state index is 12.9. The average Bonchev–Trinajstić information content (AvgIpc) is 3.53. The number of halogens is 3. The fourth-order valence-electron chi connectivity index (χ4n) is 4.86. The van der Waals surface area contributed by atoms with Gasteiger partial charge in [-0.3, -0.25) is 9.59 Å². The summed E-state index contributed by atoms with van der Waals surface area (Å²) in [5.74, 6) is -0.472. The smallest absolute Gasteiger partial charge is 0.489 e. The number of ether oxygens (including phenoxy) is 2. The number of aromatic nitrogens is 2. The quantitative estimate of drug-likeness (QED) is 0.519. The lowest BCUT2D eigenvalue weighted by Gasteiger charge is -2.32. The molecule has 5 rings (SSSR count). The molecular formula is C26H25F3N4O4. The number of likely N-dealkylation sites (tertiary alicyclic amines) is 1. The van der Waals surface area contributed by atoms with Crippen LogP contribution >= 0.6 is 0 Å². The lowest BCUT2D eigenvalue weighted by atomic mass is 10.0. The molecule has 2 amide bonds. The van der Waals surface area contributed by atoms with Gasteiger partial charge in [-0.25, -0.2) is 4.98 Å². The molecule has 1 aromatic heterocycles. The number of alkyl halides is 3. The first kappa shape index (κ1) is 24.7. The number of rotatable bonds is 7. The van der Waals surface area contributed by atoms with Crippen LogP contribution in [0.25, 0.3) is 11.3 Å². The molecule has 3 atom stereocenters. The van der Waals surface area contributed by atoms with Gasteiger partial charge < -0.3 is 24.7 Å². The highest BCUT2D eigenvalue weighted by molar-refractivity contribution is 5.97. The SMILES string of the molecule is Cn1cnc(-c2ccc(OC3CCN(C(=O)Cc4ccc(OC(F)(F)F)cc4)C4CC34)c(C(N)=O)c2)c1. The van der Waals surface area contributed by atoms with E-state index in [0.29, 0.717) is 30.0 Å². The second kappa shape index (κ2) is 9.45. The molecule has 3 aromatic rings. The molecule has 2 aliphatic rings. The van der Waals surface area contributed by atoms with E-state index in [4.69, 9.17) is 10.5 Å². The summed E-state index contributed by atoms with van der Waals surface area (Å²) in [6.07, 6.45) is 0.0481. The normalized spacial score (nSPS) is 20.8. The first-order valence-electron chi connectivity index (χ1n) is 11.8. The number of benzene rings is 2. The second-order valence-electron chi connectivity index (χ2n) is 9.37. The Morgan fingerprint density at radius 2 is 1.92 bits per heavy atom. The number of aryl methyl sites for hydroxylation is 1. The van der Waals surface area contributed by atoms with Crippen molar-refractivity contribution in [2.24, 2.45) is 18.7 Å². The fraction of sp³-hybridized carbons (Fsp3) is 0.346. The number of imidazole rings is 1. The summed E-state index contributed by atoms with van der Waals surface area (Å²) in [7, 11) is 1.86. The van der Waals surface area contributed by atoms with Crippen molar-refractivity contribution in [3.05, 3.63) is 66.1 Å². The lowest BCUT2D eigenvalue weighted by molar-refractivity contribution is -0.274. The minimum Gasteiger partial charge on any atom is -0.489 e. The maximum atomic E-state index is 12.9. The molecule has 2 N–H and O–H groups in total. The third-order valence-corrected chi connectivity index (χ3v) is 6.69. The Labute approximate surface area is 210 Å². The summed E-state index contributed by atoms with van der Waals surface area (Å²) >= 11 is 0. The predicted molar refractivity (Wildman–Crippen MR) is 127 cm³/mol. The van der Waals surface area contributed by atoms with Gasteiger partial charge in [0.15, 0.2) is 0 Å². The summed E-state index contributed by atoms with van der Waals surface area (Å²) in [4.78, 5) is 31.2. The molecule has 2 aromatic carbocycles. The second-order valence-corrected chi connectivity index (χ2v) is 9.37. The lowest BCUT2D eigenvalue weighted by Crippen LogP contribution is -2.43. The molecule has 3 unspecified atom stereocenters. The van der Waals surface area contributed by atoms with E-state index in [-0.39, 0.29) is 41.7 Å². The van der Waals surface area contributed by atoms with Gasteiger partial charge in [0.1, 0.15) is 17.6 Å². The minimum atomic E-state index is -4.76. The van der Waals surface area contributed by atoms with E-state index in [9.17, 15) is 22.8 Å². The van der Waals surface area contributed by atoms with Crippen LogP contribution in [0.4, 0.5) is 13.2 Å². The predicted octanol–water partition coefficient (Wildman–Crippen LogP) is 3.70. The van der Waals surface area contributed by atoms with Crippen LogP contribution in [0, 0.1) is 5.92 Å². The summed E-state index contributed by atoms with van der Waals surface area (Å²) < 4.78 is 48.9. The Kier molecular flexibility index (Phi) is 6.30. The van der Waals surface area contributed by atoms with Crippen LogP contribution < -0.4 is 15.2 Å². The summed E-state index contributed by atoms with van der Waals surface area (Å²) in [5, 5.41) is 0. The number of carbonyl (C=O) groups is 2. The molecule has 0 radical (unpaired) electrons. The van der Waals surface area contributed by atoms with Crippen LogP contribution in [-0.2, 0) is 18.3 Å². The minimum absolute atomic E-state index is 0.0314. The molecule has 194 valence electrons. The zero-order chi connectivity index (χ0) is 26.3. The van der Waals surface area contributed by atoms with Crippen LogP contribution in [0.2, 0.25) is 0 Å². The third-order valence-electron chi connectivity index (χ3n) is 6.69. The topological polar surface area (TPSA) is 99.7 Å². The van der Waals surface area contributed by atoms with Crippen molar-refractivity contribution < 1.29 is 32.2 Å². The Bertz CT molecular complexity index is 1320. The molecule has 37 heavy (non-hydrogen) atoms. The molecule has 2 heterocycles. The molecule has 8 nitrogen and oxygen atoms in total. The molecule has 1 saturated carbocycles. The first-order valence-corrected chi connectivity index (χ1v) is 11.8. The van der Waals surface area contributed by atoms with E-state index in [0.717, 1.165) is 12.0 Å². The number of primary amides is 1. The van der Waals surface area contributed by atoms with Gasteiger partial charge in [0.2, 0.25) is 5.91 Å². The van der Waals surface area contributed by atoms with Crippen LogP contribution in [-0.4, -0.2) is 51.3 Å². The van der Waals surface area contributed by atoms with Crippen molar-refractivity contribution in [3.63, 3.8) is 0 Å². The number of fused-ring (bicyclic) bond motifs is 1. The maximum Gasteiger partial charge on any atom is 0.573 e. The number of carbonyl (C=O) groups excluding carboxylic acids is 2. The van der Waals surface area contributed by atoms with Gasteiger partial charge >= 0.3 is 6.36 Å². The van der Waals surface area contributed by atoms with Crippen molar-refractivity contribution >= 4 is 11.8 Å². The number of hydrogen-bond acceptors (Lipinski definition) is 5. The molecule has 1 aliphatic carbocycles. The summed E-state index contributed by atoms with van der Waals surface area (Å²) in [6, 6.07) is 10.6. The molecular weight excluding hydrogens is 489 g/mol. The Morgan fingerprint density at radius 3 is 2.57 bits per heavy atom. The van der Waals surface area contributed by atoms with E-state index >= 15 is 0 Å². The van der Waals surface area contributed by atoms with E-state index in [1.54, 1.807) is 18.5 Å². The summed E-state index contributed by atoms with van der Waals surface area (Å²) in [6.45, 7) is 0.484. The van der Waals surface area contributed by atoms with Gasteiger partial charge in [0, 0.05) is 43.7 Å². The largest absolute Gasteiger partial charge is 0.573 e. The van der Waals surface area contributed by atoms with E-state index in [1.165, 1.54) is 24.3 Å². The average molecular weight is 515 g/mol. The molecule has 0 bridgehead atoms. The van der Waals surface area contributed by atoms with E-state index in [1.807, 2.05) is 28.8 Å². The van der Waals surface area contributed by atoms with Crippen LogP contribution in [0.3, 0.4) is 0 Å². The highest BCUT2D eigenvalue weighted by Gasteiger charge is 2.52. The van der Waals surface area contributed by atoms with Gasteiger partial charge in [-0.15, -0.1) is 13.2 Å². The Morgan fingerprint density at radius 1 is 1.16 bits per heavy atom. The molecule has 1 aliphatic heterocycles. The van der Waals surface area contributed by atoms with Crippen molar-refractivity contribution in [1.82, 2.24) is 14.5 Å². The van der Waals surface area contributed by atoms with Crippen LogP contribution in [0.15, 0.2) is 55.0 Å². The number of nitrogens with zero attached hydrogens (tertiary/aromatic N) is 3.